The van der Waals surface area contributed by atoms with Crippen molar-refractivity contribution < 1.29 is 38.1 Å². The molecule has 0 radical (unpaired) electrons. The second-order valence-corrected chi connectivity index (χ2v) is 11.2. The number of carbonyl (C=O) groups excluding carboxylic acids is 1. The van der Waals surface area contributed by atoms with E-state index in [-0.39, 0.29) is 5.75 Å². The molecule has 1 aliphatic heterocycles. The van der Waals surface area contributed by atoms with Gasteiger partial charge in [0.2, 0.25) is 5.72 Å². The molecule has 2 unspecified atom stereocenters. The average molecular weight is 568 g/mol. The number of aromatic nitrogens is 2. The molecule has 0 spiro atoms. The minimum Gasteiger partial charge on any atom is -0.459 e. The first-order chi connectivity index (χ1) is 18.2. The molecule has 1 aliphatic rings. The Bertz CT molecular complexity index is 1390. The lowest BCUT2D eigenvalue weighted by atomic mass is 10.1. The molecule has 2 heterocycles. The first-order valence-corrected chi connectivity index (χ1v) is 13.1. The Morgan fingerprint density at radius 1 is 1.31 bits per heavy atom. The second kappa shape index (κ2) is 11.7. The number of aliphatic hydroxyl groups is 2. The minimum atomic E-state index is -4.51. The van der Waals surface area contributed by atoms with Gasteiger partial charge in [-0.25, -0.2) is 9.36 Å². The maximum Gasteiger partial charge on any atom is 0.459 e. The van der Waals surface area contributed by atoms with Gasteiger partial charge in [0.15, 0.2) is 6.23 Å². The Balaban J connectivity index is 1.91. The molecular formula is C22H29N6O10P. The van der Waals surface area contributed by atoms with Crippen LogP contribution in [-0.4, -0.2) is 61.9 Å². The molecule has 2 aromatic rings. The molecule has 39 heavy (non-hydrogen) atoms. The van der Waals surface area contributed by atoms with Crippen LogP contribution in [-0.2, 0) is 23.4 Å². The van der Waals surface area contributed by atoms with Crippen LogP contribution in [0.2, 0.25) is 0 Å². The van der Waals surface area contributed by atoms with Crippen molar-refractivity contribution in [3.05, 3.63) is 73.9 Å². The highest BCUT2D eigenvalue weighted by Gasteiger charge is 2.56. The molecule has 3 rings (SSSR count). The maximum atomic E-state index is 13.8. The van der Waals surface area contributed by atoms with E-state index in [9.17, 15) is 34.7 Å². The number of aromatic amines is 1. The van der Waals surface area contributed by atoms with Crippen LogP contribution in [0.25, 0.3) is 10.4 Å². The Kier molecular flexibility index (Phi) is 9.03. The predicted octanol–water partition coefficient (Wildman–Crippen LogP) is 1.32. The topological polar surface area (TPSA) is 227 Å². The van der Waals surface area contributed by atoms with Gasteiger partial charge in [-0.2, -0.15) is 5.09 Å². The summed E-state index contributed by atoms with van der Waals surface area (Å²) in [5.41, 5.74) is 4.20. The normalized spacial score (nSPS) is 25.2. The van der Waals surface area contributed by atoms with Crippen molar-refractivity contribution in [2.75, 3.05) is 6.61 Å². The summed E-state index contributed by atoms with van der Waals surface area (Å²) in [5, 5.41) is 27.2. The lowest BCUT2D eigenvalue weighted by molar-refractivity contribution is -0.156. The van der Waals surface area contributed by atoms with E-state index >= 15 is 0 Å². The molecule has 1 aromatic heterocycles. The number of para-hydroxylation sites is 1. The smallest absolute Gasteiger partial charge is 0.459 e. The summed E-state index contributed by atoms with van der Waals surface area (Å²) in [6.07, 6.45) is -4.49. The first kappa shape index (κ1) is 30.1. The van der Waals surface area contributed by atoms with Gasteiger partial charge in [-0.1, -0.05) is 23.3 Å². The predicted molar refractivity (Wildman–Crippen MR) is 134 cm³/mol. The lowest BCUT2D eigenvalue weighted by Crippen LogP contribution is -2.46. The van der Waals surface area contributed by atoms with Crippen LogP contribution in [0.15, 0.2) is 57.3 Å². The molecule has 17 heteroatoms. The SMILES string of the molecule is C[C@H](NP(=O)(OCC1(N=[N+]=[N-])O[C@@H](n2ccc(=O)[nH]c2=O)[C@@H](O)[C@H]1O)Oc1ccccc1)C(=O)OC(C)(C)C. The van der Waals surface area contributed by atoms with Crippen molar-refractivity contribution in [1.29, 1.82) is 0 Å². The molecule has 1 saturated heterocycles. The van der Waals surface area contributed by atoms with Crippen LogP contribution in [0.1, 0.15) is 33.9 Å². The average Bonchev–Trinajstić information content (AvgIpc) is 3.08. The van der Waals surface area contributed by atoms with Crippen LogP contribution in [0.4, 0.5) is 0 Å². The Hall–Kier alpha value is -3.49. The summed E-state index contributed by atoms with van der Waals surface area (Å²) in [5.74, 6) is -0.703. The van der Waals surface area contributed by atoms with Gasteiger partial charge < -0.3 is 24.2 Å². The molecule has 0 bridgehead atoms. The van der Waals surface area contributed by atoms with Gasteiger partial charge in [0.05, 0.1) is 6.61 Å². The van der Waals surface area contributed by atoms with E-state index in [1.54, 1.807) is 39.0 Å². The largest absolute Gasteiger partial charge is 0.459 e. The third kappa shape index (κ3) is 7.34. The Labute approximate surface area is 221 Å². The second-order valence-electron chi connectivity index (χ2n) is 9.56. The summed E-state index contributed by atoms with van der Waals surface area (Å²) in [6, 6.07) is 7.52. The fourth-order valence-corrected chi connectivity index (χ4v) is 5.01. The molecule has 0 saturated carbocycles. The number of nitrogens with zero attached hydrogens (tertiary/aromatic N) is 4. The number of benzene rings is 1. The number of esters is 1. The van der Waals surface area contributed by atoms with Gasteiger partial charge in [-0.3, -0.25) is 23.7 Å². The van der Waals surface area contributed by atoms with Gasteiger partial charge in [-0.15, -0.1) is 0 Å². The molecule has 1 fully saturated rings. The molecule has 0 amide bonds. The summed E-state index contributed by atoms with van der Waals surface area (Å²) < 4.78 is 36.4. The molecule has 1 aromatic carbocycles. The molecule has 16 nitrogen and oxygen atoms in total. The zero-order chi connectivity index (χ0) is 29.0. The highest BCUT2D eigenvalue weighted by Crippen LogP contribution is 2.48. The van der Waals surface area contributed by atoms with Crippen LogP contribution in [0, 0.1) is 0 Å². The van der Waals surface area contributed by atoms with Gasteiger partial charge in [0.1, 0.15) is 29.6 Å². The number of ether oxygens (including phenoxy) is 2. The number of H-pyrrole nitrogens is 1. The van der Waals surface area contributed by atoms with Crippen molar-refractivity contribution in [2.45, 2.75) is 63.5 Å². The van der Waals surface area contributed by atoms with Crippen LogP contribution in [0.3, 0.4) is 0 Å². The summed E-state index contributed by atoms with van der Waals surface area (Å²) in [7, 11) is -4.51. The van der Waals surface area contributed by atoms with Crippen LogP contribution >= 0.6 is 7.75 Å². The Morgan fingerprint density at radius 3 is 2.56 bits per heavy atom. The number of azide groups is 1. The minimum absolute atomic E-state index is 0.0770. The standard InChI is InChI=1S/C22H29N6O10P/c1-13(19(32)37-21(2,3)4)25-39(34,38-14-8-6-5-7-9-14)35-12-22(26-27-23)17(31)16(30)18(36-22)28-11-10-15(29)24-20(28)33/h5-11,13,16-18,30-31H,12H2,1-4H3,(H,25,34)(H,24,29,33)/t13-,16-,17+,18+,22?,39?/m0/s1. The van der Waals surface area contributed by atoms with E-state index in [2.05, 4.69) is 15.1 Å². The van der Waals surface area contributed by atoms with Gasteiger partial charge in [-0.05, 0) is 45.4 Å². The highest BCUT2D eigenvalue weighted by atomic mass is 31.2. The van der Waals surface area contributed by atoms with Crippen LogP contribution < -0.4 is 20.9 Å². The number of hydrogen-bond acceptors (Lipinski definition) is 11. The Morgan fingerprint density at radius 2 is 1.97 bits per heavy atom. The number of hydrogen-bond donors (Lipinski definition) is 4. The van der Waals surface area contributed by atoms with Crippen molar-refractivity contribution in [3.63, 3.8) is 0 Å². The van der Waals surface area contributed by atoms with E-state index in [1.807, 2.05) is 4.98 Å². The zero-order valence-corrected chi connectivity index (χ0v) is 22.3. The third-order valence-corrected chi connectivity index (χ3v) is 6.89. The number of aliphatic hydroxyl groups excluding tert-OH is 2. The quantitative estimate of drug-likeness (QED) is 0.105. The highest BCUT2D eigenvalue weighted by molar-refractivity contribution is 7.52. The molecule has 6 atom stereocenters. The van der Waals surface area contributed by atoms with Crippen molar-refractivity contribution in [1.82, 2.24) is 14.6 Å². The lowest BCUT2D eigenvalue weighted by Gasteiger charge is -2.30. The number of nitrogens with one attached hydrogen (secondary N) is 2. The maximum absolute atomic E-state index is 13.8. The first-order valence-electron chi connectivity index (χ1n) is 11.6. The molecule has 212 valence electrons. The van der Waals surface area contributed by atoms with E-state index in [0.717, 1.165) is 16.8 Å². The van der Waals surface area contributed by atoms with E-state index in [4.69, 9.17) is 18.5 Å². The van der Waals surface area contributed by atoms with Gasteiger partial charge in [0, 0.05) is 17.2 Å². The molecule has 4 N–H and O–H groups in total. The third-order valence-electron chi connectivity index (χ3n) is 5.26. The summed E-state index contributed by atoms with van der Waals surface area (Å²) in [4.78, 5) is 40.8. The molecular weight excluding hydrogens is 539 g/mol. The van der Waals surface area contributed by atoms with Crippen molar-refractivity contribution in [3.8, 4) is 5.75 Å². The van der Waals surface area contributed by atoms with Gasteiger partial charge >= 0.3 is 19.4 Å². The van der Waals surface area contributed by atoms with E-state index in [1.165, 1.54) is 19.1 Å². The van der Waals surface area contributed by atoms with Crippen molar-refractivity contribution >= 4 is 13.7 Å². The summed E-state index contributed by atoms with van der Waals surface area (Å²) in [6.45, 7) is 5.32. The fraction of sp³-hybridized carbons (Fsp3) is 0.500. The zero-order valence-electron chi connectivity index (χ0n) is 21.5. The monoisotopic (exact) mass is 568 g/mol. The van der Waals surface area contributed by atoms with E-state index in [0.29, 0.717) is 0 Å². The van der Waals surface area contributed by atoms with Crippen LogP contribution in [0.5, 0.6) is 5.75 Å². The molecule has 0 aliphatic carbocycles. The number of carbonyl (C=O) groups is 1. The van der Waals surface area contributed by atoms with Gasteiger partial charge in [0.25, 0.3) is 5.56 Å². The van der Waals surface area contributed by atoms with E-state index < -0.39 is 67.4 Å². The fourth-order valence-electron chi connectivity index (χ4n) is 3.49. The summed E-state index contributed by atoms with van der Waals surface area (Å²) >= 11 is 0. The number of rotatable bonds is 10. The van der Waals surface area contributed by atoms with Crippen molar-refractivity contribution in [2.24, 2.45) is 5.11 Å².